The van der Waals surface area contributed by atoms with Gasteiger partial charge in [-0.3, -0.25) is 4.79 Å². The highest BCUT2D eigenvalue weighted by Gasteiger charge is 2.40. The predicted molar refractivity (Wildman–Crippen MR) is 72.8 cm³/mol. The smallest absolute Gasteiger partial charge is 0.324 e. The van der Waals surface area contributed by atoms with Gasteiger partial charge in [-0.15, -0.1) is 0 Å². The monoisotopic (exact) mass is 316 g/mol. The molecule has 0 radical (unpaired) electrons. The molecule has 0 unspecified atom stereocenters. The SMILES string of the molecule is CN(C(C)(C)C(=O)O)S(=O)(=O)c1cc(Cl)ccc1C#N. The van der Waals surface area contributed by atoms with Gasteiger partial charge in [0.1, 0.15) is 16.5 Å². The molecule has 20 heavy (non-hydrogen) atoms. The number of sulfonamides is 1. The molecule has 0 aliphatic rings. The molecule has 0 bridgehead atoms. The minimum atomic E-state index is -4.16. The first-order chi connectivity index (χ1) is 9.05. The average molecular weight is 317 g/mol. The number of carboxylic acid groups (broad SMARTS) is 1. The third-order valence-electron chi connectivity index (χ3n) is 3.01. The van der Waals surface area contributed by atoms with Crippen LogP contribution in [0, 0.1) is 11.3 Å². The Hall–Kier alpha value is -1.62. The van der Waals surface area contributed by atoms with Gasteiger partial charge in [0.15, 0.2) is 0 Å². The van der Waals surface area contributed by atoms with Gasteiger partial charge in [-0.05, 0) is 32.0 Å². The number of nitrogens with zero attached hydrogens (tertiary/aromatic N) is 2. The van der Waals surface area contributed by atoms with E-state index < -0.39 is 21.5 Å². The second-order valence-corrected chi connectivity index (χ2v) is 6.96. The van der Waals surface area contributed by atoms with E-state index in [1.807, 2.05) is 0 Å². The number of rotatable bonds is 4. The highest BCUT2D eigenvalue weighted by molar-refractivity contribution is 7.89. The van der Waals surface area contributed by atoms with Gasteiger partial charge in [-0.2, -0.15) is 9.57 Å². The Morgan fingerprint density at radius 3 is 2.45 bits per heavy atom. The van der Waals surface area contributed by atoms with E-state index >= 15 is 0 Å². The van der Waals surface area contributed by atoms with Crippen molar-refractivity contribution in [3.63, 3.8) is 0 Å². The van der Waals surface area contributed by atoms with Gasteiger partial charge in [0, 0.05) is 12.1 Å². The average Bonchev–Trinajstić information content (AvgIpc) is 2.37. The quantitative estimate of drug-likeness (QED) is 0.911. The first-order valence-corrected chi connectivity index (χ1v) is 7.29. The molecule has 0 fully saturated rings. The van der Waals surface area contributed by atoms with Crippen molar-refractivity contribution in [1.82, 2.24) is 4.31 Å². The van der Waals surface area contributed by atoms with Crippen LogP contribution in [-0.2, 0) is 14.8 Å². The zero-order valence-corrected chi connectivity index (χ0v) is 12.7. The molecule has 0 aliphatic carbocycles. The summed E-state index contributed by atoms with van der Waals surface area (Å²) >= 11 is 5.75. The van der Waals surface area contributed by atoms with Gasteiger partial charge in [-0.25, -0.2) is 8.42 Å². The number of halogens is 1. The summed E-state index contributed by atoms with van der Waals surface area (Å²) in [6.07, 6.45) is 0. The lowest BCUT2D eigenvalue weighted by molar-refractivity contribution is -0.145. The second-order valence-electron chi connectivity index (χ2n) is 4.59. The summed E-state index contributed by atoms with van der Waals surface area (Å²) in [7, 11) is -3.02. The highest BCUT2D eigenvalue weighted by atomic mass is 35.5. The van der Waals surface area contributed by atoms with Gasteiger partial charge in [-0.1, -0.05) is 11.6 Å². The summed E-state index contributed by atoms with van der Waals surface area (Å²) in [5.41, 5.74) is -1.75. The van der Waals surface area contributed by atoms with E-state index in [0.29, 0.717) is 4.31 Å². The third-order valence-corrected chi connectivity index (χ3v) is 5.32. The lowest BCUT2D eigenvalue weighted by Crippen LogP contribution is -2.50. The Morgan fingerprint density at radius 2 is 2.00 bits per heavy atom. The molecule has 0 saturated carbocycles. The van der Waals surface area contributed by atoms with E-state index in [1.54, 1.807) is 6.07 Å². The van der Waals surface area contributed by atoms with E-state index in [-0.39, 0.29) is 15.5 Å². The number of nitriles is 1. The Bertz CT molecular complexity index is 692. The van der Waals surface area contributed by atoms with Crippen molar-refractivity contribution in [3.05, 3.63) is 28.8 Å². The number of carboxylic acids is 1. The molecule has 1 aromatic carbocycles. The number of likely N-dealkylation sites (N-methyl/N-ethyl adjacent to an activating group) is 1. The molecule has 0 aliphatic heterocycles. The number of aliphatic carboxylic acids is 1. The van der Waals surface area contributed by atoms with Gasteiger partial charge in [0.05, 0.1) is 5.56 Å². The Balaban J connectivity index is 3.50. The summed E-state index contributed by atoms with van der Waals surface area (Å²) in [5.74, 6) is -1.30. The van der Waals surface area contributed by atoms with Crippen LogP contribution in [0.25, 0.3) is 0 Å². The molecule has 1 N–H and O–H groups in total. The molecule has 108 valence electrons. The van der Waals surface area contributed by atoms with Crippen molar-refractivity contribution in [2.75, 3.05) is 7.05 Å². The minimum Gasteiger partial charge on any atom is -0.480 e. The van der Waals surface area contributed by atoms with Gasteiger partial charge >= 0.3 is 5.97 Å². The highest BCUT2D eigenvalue weighted by Crippen LogP contribution is 2.27. The number of benzene rings is 1. The van der Waals surface area contributed by atoms with Crippen molar-refractivity contribution < 1.29 is 18.3 Å². The van der Waals surface area contributed by atoms with E-state index in [9.17, 15) is 13.2 Å². The molecule has 0 spiro atoms. The van der Waals surface area contributed by atoms with E-state index in [2.05, 4.69) is 0 Å². The van der Waals surface area contributed by atoms with Gasteiger partial charge in [0.2, 0.25) is 10.0 Å². The lowest BCUT2D eigenvalue weighted by Gasteiger charge is -2.30. The molecule has 0 heterocycles. The molecule has 0 aromatic heterocycles. The van der Waals surface area contributed by atoms with Crippen LogP contribution in [0.4, 0.5) is 0 Å². The van der Waals surface area contributed by atoms with Crippen LogP contribution in [0.2, 0.25) is 5.02 Å². The molecular weight excluding hydrogens is 304 g/mol. The van der Waals surface area contributed by atoms with E-state index in [4.69, 9.17) is 22.0 Å². The number of hydrogen-bond donors (Lipinski definition) is 1. The molecule has 6 nitrogen and oxygen atoms in total. The van der Waals surface area contributed by atoms with Crippen LogP contribution in [0.15, 0.2) is 23.1 Å². The minimum absolute atomic E-state index is 0.0950. The van der Waals surface area contributed by atoms with Crippen molar-refractivity contribution in [2.24, 2.45) is 0 Å². The van der Waals surface area contributed by atoms with Crippen molar-refractivity contribution in [2.45, 2.75) is 24.3 Å². The van der Waals surface area contributed by atoms with Crippen molar-refractivity contribution >= 4 is 27.6 Å². The fourth-order valence-electron chi connectivity index (χ4n) is 1.38. The third kappa shape index (κ3) is 2.77. The molecular formula is C12H13ClN2O4S. The zero-order valence-electron chi connectivity index (χ0n) is 11.1. The maximum absolute atomic E-state index is 12.5. The standard InChI is InChI=1S/C12H13ClN2O4S/c1-12(2,11(16)17)15(3)20(18,19)10-6-9(13)5-4-8(10)7-14/h4-6H,1-3H3,(H,16,17). The van der Waals surface area contributed by atoms with Crippen LogP contribution in [-0.4, -0.2) is 36.4 Å². The summed E-state index contributed by atoms with van der Waals surface area (Å²) in [6.45, 7) is 2.51. The van der Waals surface area contributed by atoms with E-state index in [1.165, 1.54) is 26.0 Å². The zero-order chi connectivity index (χ0) is 15.7. The van der Waals surface area contributed by atoms with Crippen LogP contribution < -0.4 is 0 Å². The molecule has 1 aromatic rings. The van der Waals surface area contributed by atoms with Crippen molar-refractivity contribution in [1.29, 1.82) is 5.26 Å². The Morgan fingerprint density at radius 1 is 1.45 bits per heavy atom. The lowest BCUT2D eigenvalue weighted by atomic mass is 10.1. The normalized spacial score (nSPS) is 12.2. The summed E-state index contributed by atoms with van der Waals surface area (Å²) in [4.78, 5) is 10.8. The molecule has 1 rings (SSSR count). The summed E-state index contributed by atoms with van der Waals surface area (Å²) in [5, 5.41) is 18.2. The topological polar surface area (TPSA) is 98.5 Å². The molecule has 0 amide bonds. The van der Waals surface area contributed by atoms with Crippen LogP contribution in [0.3, 0.4) is 0 Å². The fraction of sp³-hybridized carbons (Fsp3) is 0.333. The Kier molecular flexibility index (Phi) is 4.44. The maximum atomic E-state index is 12.5. The number of hydrogen-bond acceptors (Lipinski definition) is 4. The molecule has 8 heteroatoms. The second kappa shape index (κ2) is 5.40. The Labute approximate surface area is 122 Å². The van der Waals surface area contributed by atoms with Crippen molar-refractivity contribution in [3.8, 4) is 6.07 Å². The van der Waals surface area contributed by atoms with Gasteiger partial charge < -0.3 is 5.11 Å². The first kappa shape index (κ1) is 16.4. The van der Waals surface area contributed by atoms with Gasteiger partial charge in [0.25, 0.3) is 0 Å². The number of carbonyl (C=O) groups is 1. The van der Waals surface area contributed by atoms with Crippen LogP contribution in [0.1, 0.15) is 19.4 Å². The first-order valence-electron chi connectivity index (χ1n) is 5.47. The molecule has 0 saturated heterocycles. The maximum Gasteiger partial charge on any atom is 0.324 e. The largest absolute Gasteiger partial charge is 0.480 e. The molecule has 0 atom stereocenters. The van der Waals surface area contributed by atoms with Crippen LogP contribution >= 0.6 is 11.6 Å². The fourth-order valence-corrected chi connectivity index (χ4v) is 3.26. The van der Waals surface area contributed by atoms with E-state index in [0.717, 1.165) is 13.1 Å². The van der Waals surface area contributed by atoms with Crippen LogP contribution in [0.5, 0.6) is 0 Å². The summed E-state index contributed by atoms with van der Waals surface area (Å²) < 4.78 is 25.6. The predicted octanol–water partition coefficient (Wildman–Crippen LogP) is 1.70. The summed E-state index contributed by atoms with van der Waals surface area (Å²) in [6, 6.07) is 5.55.